The third kappa shape index (κ3) is 7.57. The van der Waals surface area contributed by atoms with Crippen LogP contribution >= 0.6 is 27.7 Å². The molecule has 0 aromatic heterocycles. The Kier molecular flexibility index (Phi) is 8.90. The predicted molar refractivity (Wildman–Crippen MR) is 84.7 cm³/mol. The van der Waals surface area contributed by atoms with Crippen molar-refractivity contribution in [2.24, 2.45) is 0 Å². The van der Waals surface area contributed by atoms with Crippen molar-refractivity contribution in [1.29, 1.82) is 0 Å². The van der Waals surface area contributed by atoms with E-state index in [2.05, 4.69) is 26.6 Å². The van der Waals surface area contributed by atoms with E-state index < -0.39 is 0 Å². The molecule has 3 N–H and O–H groups in total. The maximum Gasteiger partial charge on any atom is 0.238 e. The molecule has 1 rings (SSSR count). The van der Waals surface area contributed by atoms with Crippen LogP contribution in [0.25, 0.3) is 0 Å². The van der Waals surface area contributed by atoms with E-state index in [1.807, 2.05) is 24.3 Å². The summed E-state index contributed by atoms with van der Waals surface area (Å²) in [5.41, 5.74) is 0.784. The molecule has 0 bridgehead atoms. The van der Waals surface area contributed by atoms with Gasteiger partial charge in [0, 0.05) is 23.4 Å². The van der Waals surface area contributed by atoms with Gasteiger partial charge in [0.2, 0.25) is 5.91 Å². The standard InChI is InChI=1S/C13H19BrN2O2S/c14-11-4-1-2-5-12(11)16-13(18)10-15-6-9-19-8-3-7-17/h1-2,4-5,15,17H,3,6-10H2,(H,16,18). The number of amides is 1. The van der Waals surface area contributed by atoms with Gasteiger partial charge in [0.25, 0.3) is 0 Å². The molecule has 0 aliphatic rings. The average Bonchev–Trinajstić information content (AvgIpc) is 2.40. The molecule has 0 unspecified atom stereocenters. The van der Waals surface area contributed by atoms with Crippen LogP contribution in [0.5, 0.6) is 0 Å². The van der Waals surface area contributed by atoms with Crippen molar-refractivity contribution >= 4 is 39.3 Å². The monoisotopic (exact) mass is 346 g/mol. The van der Waals surface area contributed by atoms with Crippen molar-refractivity contribution in [3.63, 3.8) is 0 Å². The smallest absolute Gasteiger partial charge is 0.238 e. The minimum atomic E-state index is -0.0488. The van der Waals surface area contributed by atoms with Gasteiger partial charge in [-0.1, -0.05) is 12.1 Å². The van der Waals surface area contributed by atoms with E-state index in [4.69, 9.17) is 5.11 Å². The van der Waals surface area contributed by atoms with Crippen LogP contribution in [0, 0.1) is 0 Å². The molecule has 0 spiro atoms. The van der Waals surface area contributed by atoms with E-state index >= 15 is 0 Å². The first-order chi connectivity index (χ1) is 9.24. The van der Waals surface area contributed by atoms with Gasteiger partial charge in [-0.2, -0.15) is 11.8 Å². The number of nitrogens with one attached hydrogen (secondary N) is 2. The lowest BCUT2D eigenvalue weighted by Crippen LogP contribution is -2.29. The van der Waals surface area contributed by atoms with Crippen LogP contribution in [0.4, 0.5) is 5.69 Å². The SMILES string of the molecule is O=C(CNCCSCCCO)Nc1ccccc1Br. The zero-order valence-corrected chi connectivity index (χ0v) is 13.1. The summed E-state index contributed by atoms with van der Waals surface area (Å²) >= 11 is 5.16. The lowest BCUT2D eigenvalue weighted by atomic mass is 10.3. The Hall–Kier alpha value is -0.560. The fourth-order valence-electron chi connectivity index (χ4n) is 1.37. The first-order valence-corrected chi connectivity index (χ1v) is 8.12. The molecule has 0 radical (unpaired) electrons. The molecule has 0 saturated carbocycles. The van der Waals surface area contributed by atoms with Gasteiger partial charge in [0.05, 0.1) is 12.2 Å². The van der Waals surface area contributed by atoms with Crippen LogP contribution in [0.1, 0.15) is 6.42 Å². The van der Waals surface area contributed by atoms with Gasteiger partial charge in [-0.3, -0.25) is 4.79 Å². The Morgan fingerprint density at radius 3 is 2.84 bits per heavy atom. The largest absolute Gasteiger partial charge is 0.396 e. The van der Waals surface area contributed by atoms with E-state index in [1.165, 1.54) is 0 Å². The molecule has 1 aromatic carbocycles. The summed E-state index contributed by atoms with van der Waals surface area (Å²) in [4.78, 5) is 11.7. The Labute approximate surface area is 126 Å². The molecule has 0 aliphatic carbocycles. The van der Waals surface area contributed by atoms with Gasteiger partial charge in [-0.15, -0.1) is 0 Å². The fourth-order valence-corrected chi connectivity index (χ4v) is 2.58. The number of halogens is 1. The molecule has 0 atom stereocenters. The molecule has 0 saturated heterocycles. The summed E-state index contributed by atoms with van der Waals surface area (Å²) in [6, 6.07) is 7.53. The van der Waals surface area contributed by atoms with Crippen LogP contribution in [0.3, 0.4) is 0 Å². The highest BCUT2D eigenvalue weighted by Gasteiger charge is 2.03. The number of hydrogen-bond acceptors (Lipinski definition) is 4. The molecule has 0 aliphatic heterocycles. The molecular weight excluding hydrogens is 328 g/mol. The van der Waals surface area contributed by atoms with E-state index in [0.717, 1.165) is 34.6 Å². The van der Waals surface area contributed by atoms with Crippen molar-refractivity contribution in [3.05, 3.63) is 28.7 Å². The third-order valence-electron chi connectivity index (χ3n) is 2.30. The molecular formula is C13H19BrN2O2S. The van der Waals surface area contributed by atoms with Crippen LogP contribution in [0.15, 0.2) is 28.7 Å². The first kappa shape index (κ1) is 16.5. The Morgan fingerprint density at radius 1 is 1.32 bits per heavy atom. The van der Waals surface area contributed by atoms with Gasteiger partial charge in [-0.05, 0) is 40.2 Å². The maximum absolute atomic E-state index is 11.7. The summed E-state index contributed by atoms with van der Waals surface area (Å²) in [7, 11) is 0. The molecule has 0 heterocycles. The second-order valence-corrected chi connectivity index (χ2v) is 5.97. The molecule has 1 amide bonds. The number of carbonyl (C=O) groups excluding carboxylic acids is 1. The molecule has 1 aromatic rings. The number of carbonyl (C=O) groups is 1. The highest BCUT2D eigenvalue weighted by molar-refractivity contribution is 9.10. The minimum Gasteiger partial charge on any atom is -0.396 e. The fraction of sp³-hybridized carbons (Fsp3) is 0.462. The van der Waals surface area contributed by atoms with E-state index in [0.29, 0.717) is 6.54 Å². The number of para-hydroxylation sites is 1. The number of rotatable bonds is 9. The Bertz CT molecular complexity index is 391. The van der Waals surface area contributed by atoms with Crippen molar-refractivity contribution in [1.82, 2.24) is 5.32 Å². The highest BCUT2D eigenvalue weighted by atomic mass is 79.9. The molecule has 4 nitrogen and oxygen atoms in total. The average molecular weight is 347 g/mol. The van der Waals surface area contributed by atoms with E-state index in [1.54, 1.807) is 11.8 Å². The van der Waals surface area contributed by atoms with Crippen molar-refractivity contribution in [3.8, 4) is 0 Å². The Balaban J connectivity index is 2.10. The van der Waals surface area contributed by atoms with Gasteiger partial charge < -0.3 is 15.7 Å². The van der Waals surface area contributed by atoms with Crippen LogP contribution in [0.2, 0.25) is 0 Å². The first-order valence-electron chi connectivity index (χ1n) is 6.17. The van der Waals surface area contributed by atoms with E-state index in [9.17, 15) is 4.79 Å². The number of thioether (sulfide) groups is 1. The van der Waals surface area contributed by atoms with Crippen LogP contribution in [-0.2, 0) is 4.79 Å². The molecule has 106 valence electrons. The van der Waals surface area contributed by atoms with Gasteiger partial charge in [-0.25, -0.2) is 0 Å². The van der Waals surface area contributed by atoms with Crippen molar-refractivity contribution in [2.45, 2.75) is 6.42 Å². The number of anilines is 1. The second-order valence-electron chi connectivity index (χ2n) is 3.89. The zero-order valence-electron chi connectivity index (χ0n) is 10.7. The van der Waals surface area contributed by atoms with E-state index in [-0.39, 0.29) is 12.5 Å². The number of benzene rings is 1. The van der Waals surface area contributed by atoms with Gasteiger partial charge >= 0.3 is 0 Å². The lowest BCUT2D eigenvalue weighted by Gasteiger charge is -2.08. The van der Waals surface area contributed by atoms with Gasteiger partial charge in [0.1, 0.15) is 0 Å². The van der Waals surface area contributed by atoms with Gasteiger partial charge in [0.15, 0.2) is 0 Å². The van der Waals surface area contributed by atoms with Crippen LogP contribution in [-0.4, -0.2) is 42.2 Å². The quantitative estimate of drug-likeness (QED) is 0.599. The van der Waals surface area contributed by atoms with Crippen LogP contribution < -0.4 is 10.6 Å². The summed E-state index contributed by atoms with van der Waals surface area (Å²) < 4.78 is 0.878. The van der Waals surface area contributed by atoms with Crippen molar-refractivity contribution in [2.75, 3.05) is 36.5 Å². The summed E-state index contributed by atoms with van der Waals surface area (Å²) in [5.74, 6) is 1.86. The summed E-state index contributed by atoms with van der Waals surface area (Å²) in [5, 5.41) is 14.5. The summed E-state index contributed by atoms with van der Waals surface area (Å²) in [6.45, 7) is 1.34. The molecule has 19 heavy (non-hydrogen) atoms. The second kappa shape index (κ2) is 10.3. The topological polar surface area (TPSA) is 61.4 Å². The number of aliphatic hydroxyl groups is 1. The minimum absolute atomic E-state index is 0.0488. The maximum atomic E-state index is 11.7. The lowest BCUT2D eigenvalue weighted by molar-refractivity contribution is -0.115. The highest BCUT2D eigenvalue weighted by Crippen LogP contribution is 2.20. The number of aliphatic hydroxyl groups excluding tert-OH is 1. The predicted octanol–water partition coefficient (Wildman–Crippen LogP) is 2.09. The normalized spacial score (nSPS) is 10.4. The summed E-state index contributed by atoms with van der Waals surface area (Å²) in [6.07, 6.45) is 0.827. The number of hydrogen-bond donors (Lipinski definition) is 3. The third-order valence-corrected chi connectivity index (χ3v) is 4.07. The zero-order chi connectivity index (χ0) is 13.9. The Morgan fingerprint density at radius 2 is 2.11 bits per heavy atom. The molecule has 0 fully saturated rings. The van der Waals surface area contributed by atoms with Crippen molar-refractivity contribution < 1.29 is 9.90 Å². The molecule has 6 heteroatoms.